The first-order chi connectivity index (χ1) is 20.4. The Morgan fingerprint density at radius 1 is 0.452 bits per heavy atom. The fourth-order valence-corrected chi connectivity index (χ4v) is 5.18. The van der Waals surface area contributed by atoms with Crippen LogP contribution in [-0.2, 0) is 26.2 Å². The number of nitrogens with one attached hydrogen (secondary N) is 2. The quantitative estimate of drug-likeness (QED) is 0.106. The number of ether oxygens (including phenoxy) is 2. The third-order valence-corrected chi connectivity index (χ3v) is 7.00. The van der Waals surface area contributed by atoms with Gasteiger partial charge in [0, 0.05) is 26.2 Å². The minimum Gasteiger partial charge on any atom is -0.493 e. The molecule has 4 heteroatoms. The number of hydrogen-bond donors (Lipinski definition) is 2. The maximum atomic E-state index is 5.90. The number of hydrogen-bond acceptors (Lipinski definition) is 4. The zero-order valence-corrected chi connectivity index (χ0v) is 25.7. The van der Waals surface area contributed by atoms with E-state index in [-0.39, 0.29) is 0 Å². The Hall–Kier alpha value is -3.86. The summed E-state index contributed by atoms with van der Waals surface area (Å²) in [5, 5.41) is 7.07. The molecule has 0 radical (unpaired) electrons. The van der Waals surface area contributed by atoms with Crippen LogP contribution >= 0.6 is 0 Å². The maximum absolute atomic E-state index is 5.90. The van der Waals surface area contributed by atoms with Crippen LogP contribution in [-0.4, -0.2) is 13.2 Å². The van der Waals surface area contributed by atoms with Crippen molar-refractivity contribution < 1.29 is 9.47 Å². The molecule has 2 N–H and O–H groups in total. The van der Waals surface area contributed by atoms with Crippen LogP contribution in [0.5, 0.6) is 11.5 Å². The first-order valence-corrected chi connectivity index (χ1v) is 15.1. The molecule has 0 aliphatic heterocycles. The Morgan fingerprint density at radius 2 is 0.786 bits per heavy atom. The van der Waals surface area contributed by atoms with Gasteiger partial charge in [-0.25, -0.2) is 0 Å². The van der Waals surface area contributed by atoms with Gasteiger partial charge < -0.3 is 20.1 Å². The molecule has 0 saturated heterocycles. The molecule has 0 aliphatic rings. The van der Waals surface area contributed by atoms with Crippen LogP contribution in [0, 0.1) is 27.7 Å². The van der Waals surface area contributed by atoms with Crippen LogP contribution in [0.3, 0.4) is 0 Å². The Balaban J connectivity index is 1.04. The highest BCUT2D eigenvalue weighted by Crippen LogP contribution is 2.15. The fraction of sp³-hybridized carbons (Fsp3) is 0.316. The summed E-state index contributed by atoms with van der Waals surface area (Å²) in [6.45, 7) is 13.3. The lowest BCUT2D eigenvalue weighted by molar-refractivity contribution is 0.320. The van der Waals surface area contributed by atoms with Crippen molar-refractivity contribution in [3.8, 4) is 11.5 Å². The van der Waals surface area contributed by atoms with E-state index in [1.165, 1.54) is 44.5 Å². The Morgan fingerprint density at radius 3 is 1.14 bits per heavy atom. The first kappa shape index (κ1) is 31.1. The van der Waals surface area contributed by atoms with Gasteiger partial charge in [0.25, 0.3) is 0 Å². The summed E-state index contributed by atoms with van der Waals surface area (Å²) in [4.78, 5) is 0. The molecule has 4 aromatic carbocycles. The van der Waals surface area contributed by atoms with Gasteiger partial charge in [-0.3, -0.25) is 0 Å². The van der Waals surface area contributed by atoms with E-state index in [9.17, 15) is 0 Å². The van der Waals surface area contributed by atoms with Crippen LogP contribution in [0.2, 0.25) is 0 Å². The summed E-state index contributed by atoms with van der Waals surface area (Å²) in [7, 11) is 0. The second-order valence-corrected chi connectivity index (χ2v) is 11.2. The van der Waals surface area contributed by atoms with Crippen molar-refractivity contribution in [2.45, 2.75) is 66.7 Å². The Bertz CT molecular complexity index is 1260. The first-order valence-electron chi connectivity index (χ1n) is 15.1. The maximum Gasteiger partial charge on any atom is 0.119 e. The van der Waals surface area contributed by atoms with E-state index in [4.69, 9.17) is 9.47 Å². The molecule has 220 valence electrons. The van der Waals surface area contributed by atoms with Gasteiger partial charge in [0.05, 0.1) is 13.2 Å². The average Bonchev–Trinajstić information content (AvgIpc) is 2.95. The summed E-state index contributed by atoms with van der Waals surface area (Å²) < 4.78 is 11.8. The van der Waals surface area contributed by atoms with Gasteiger partial charge in [0.2, 0.25) is 0 Å². The van der Waals surface area contributed by atoms with Crippen molar-refractivity contribution in [3.05, 3.63) is 142 Å². The van der Waals surface area contributed by atoms with Crippen LogP contribution in [0.25, 0.3) is 0 Å². The lowest BCUT2D eigenvalue weighted by Gasteiger charge is -2.09. The van der Waals surface area contributed by atoms with Crippen molar-refractivity contribution >= 4 is 0 Å². The van der Waals surface area contributed by atoms with Crippen molar-refractivity contribution in [3.63, 3.8) is 0 Å². The molecular formula is C38H46N2O2. The zero-order chi connectivity index (χ0) is 29.6. The second kappa shape index (κ2) is 16.5. The summed E-state index contributed by atoms with van der Waals surface area (Å²) >= 11 is 0. The van der Waals surface area contributed by atoms with E-state index < -0.39 is 0 Å². The summed E-state index contributed by atoms with van der Waals surface area (Å²) in [6.07, 6.45) is 6.09. The molecule has 42 heavy (non-hydrogen) atoms. The topological polar surface area (TPSA) is 42.5 Å². The molecule has 0 aromatic heterocycles. The fourth-order valence-electron chi connectivity index (χ4n) is 5.18. The third kappa shape index (κ3) is 11.2. The number of benzene rings is 4. The van der Waals surface area contributed by atoms with Crippen LogP contribution in [0.1, 0.15) is 57.3 Å². The molecule has 4 nitrogen and oxygen atoms in total. The summed E-state index contributed by atoms with van der Waals surface area (Å²) in [6, 6.07) is 30.1. The second-order valence-electron chi connectivity index (χ2n) is 11.2. The molecule has 0 spiro atoms. The lowest BCUT2D eigenvalue weighted by Crippen LogP contribution is -2.12. The molecule has 0 atom stereocenters. The van der Waals surface area contributed by atoms with Gasteiger partial charge >= 0.3 is 0 Å². The van der Waals surface area contributed by atoms with Crippen LogP contribution in [0.15, 0.2) is 97.1 Å². The predicted octanol–water partition coefficient (Wildman–Crippen LogP) is 8.29. The zero-order valence-electron chi connectivity index (χ0n) is 25.7. The molecule has 0 heterocycles. The molecule has 0 aliphatic carbocycles. The van der Waals surface area contributed by atoms with Crippen LogP contribution < -0.4 is 20.1 Å². The predicted molar refractivity (Wildman–Crippen MR) is 175 cm³/mol. The molecule has 4 aromatic rings. The van der Waals surface area contributed by atoms with Crippen molar-refractivity contribution in [1.29, 1.82) is 0 Å². The highest BCUT2D eigenvalue weighted by Gasteiger charge is 2.00. The highest BCUT2D eigenvalue weighted by atomic mass is 16.5. The van der Waals surface area contributed by atoms with Gasteiger partial charge in [0.15, 0.2) is 0 Å². The molecule has 0 bridgehead atoms. The van der Waals surface area contributed by atoms with Crippen molar-refractivity contribution in [1.82, 2.24) is 10.6 Å². The summed E-state index contributed by atoms with van der Waals surface area (Å²) in [5.74, 6) is 1.82. The van der Waals surface area contributed by atoms with Gasteiger partial charge in [-0.1, -0.05) is 95.1 Å². The SMILES string of the molecule is Cc1cc(C)cc(CNCc2ccc(OCC/C=C/CCOc3ccc(CNCc4cc(C)cc(C)c4)cc3)cc2)c1. The monoisotopic (exact) mass is 562 g/mol. The smallest absolute Gasteiger partial charge is 0.119 e. The molecule has 4 rings (SSSR count). The summed E-state index contributed by atoms with van der Waals surface area (Å²) in [5.41, 5.74) is 10.4. The van der Waals surface area contributed by atoms with E-state index in [1.54, 1.807) is 0 Å². The van der Waals surface area contributed by atoms with E-state index in [0.29, 0.717) is 13.2 Å². The molecule has 0 saturated carbocycles. The Kier molecular flexibility index (Phi) is 12.2. The highest BCUT2D eigenvalue weighted by molar-refractivity contribution is 5.31. The van der Waals surface area contributed by atoms with Gasteiger partial charge in [-0.15, -0.1) is 0 Å². The average molecular weight is 563 g/mol. The van der Waals surface area contributed by atoms with Crippen molar-refractivity contribution in [2.75, 3.05) is 13.2 Å². The molecule has 0 amide bonds. The van der Waals surface area contributed by atoms with Gasteiger partial charge in [-0.05, 0) is 87.1 Å². The van der Waals surface area contributed by atoms with Gasteiger partial charge in [-0.2, -0.15) is 0 Å². The van der Waals surface area contributed by atoms with Crippen LogP contribution in [0.4, 0.5) is 0 Å². The lowest BCUT2D eigenvalue weighted by atomic mass is 10.1. The van der Waals surface area contributed by atoms with E-state index in [0.717, 1.165) is 50.5 Å². The van der Waals surface area contributed by atoms with Crippen molar-refractivity contribution in [2.24, 2.45) is 0 Å². The molecule has 0 fully saturated rings. The standard InChI is InChI=1S/C38H46N2O2/c1-29-19-30(2)22-35(21-29)27-39-25-33-9-13-37(14-10-33)41-17-7-5-6-8-18-42-38-15-11-34(12-16-38)26-40-28-36-23-31(3)20-32(4)24-36/h5-6,9-16,19-24,39-40H,7-8,17-18,25-28H2,1-4H3/b6-5+. The number of rotatable bonds is 16. The van der Waals surface area contributed by atoms with Gasteiger partial charge in [0.1, 0.15) is 11.5 Å². The third-order valence-electron chi connectivity index (χ3n) is 7.00. The van der Waals surface area contributed by atoms with E-state index in [2.05, 4.69) is 135 Å². The normalized spacial score (nSPS) is 11.2. The molecular weight excluding hydrogens is 516 g/mol. The minimum atomic E-state index is 0.667. The Labute approximate surface area is 252 Å². The minimum absolute atomic E-state index is 0.667. The van der Waals surface area contributed by atoms with E-state index in [1.807, 2.05) is 0 Å². The number of aryl methyl sites for hydroxylation is 4. The largest absolute Gasteiger partial charge is 0.493 e. The van der Waals surface area contributed by atoms with E-state index >= 15 is 0 Å². The molecule has 0 unspecified atom stereocenters.